The summed E-state index contributed by atoms with van der Waals surface area (Å²) in [7, 11) is 1.30. The number of hydrogen-bond donors (Lipinski definition) is 1. The van der Waals surface area contributed by atoms with Crippen molar-refractivity contribution in [3.63, 3.8) is 0 Å². The van der Waals surface area contributed by atoms with Crippen LogP contribution in [0.2, 0.25) is 5.02 Å². The highest BCUT2D eigenvalue weighted by atomic mass is 35.5. The summed E-state index contributed by atoms with van der Waals surface area (Å²) in [5.74, 6) is -0.912. The Balaban J connectivity index is 1.82. The minimum Gasteiger partial charge on any atom is -0.467 e. The summed E-state index contributed by atoms with van der Waals surface area (Å²) in [5.41, 5.74) is 1.25. The maximum atomic E-state index is 12.5. The van der Waals surface area contributed by atoms with Crippen molar-refractivity contribution in [1.82, 2.24) is 5.32 Å². The van der Waals surface area contributed by atoms with Crippen LogP contribution in [0.4, 0.5) is 0 Å². The third-order valence-corrected chi connectivity index (χ3v) is 4.49. The standard InChI is InChI=1S/C21H18ClNO3/c1-26-21(25)19(23-20(24)17-8-4-5-9-18(17)22)13-14-10-11-15-6-2-3-7-16(15)12-14/h2-12,19H,13H2,1H3,(H,23,24)/t19-/m1/s1. The molecule has 0 aromatic heterocycles. The first-order chi connectivity index (χ1) is 12.6. The highest BCUT2D eigenvalue weighted by Crippen LogP contribution is 2.18. The monoisotopic (exact) mass is 367 g/mol. The number of fused-ring (bicyclic) bond motifs is 1. The zero-order valence-electron chi connectivity index (χ0n) is 14.2. The zero-order valence-corrected chi connectivity index (χ0v) is 15.0. The summed E-state index contributed by atoms with van der Waals surface area (Å²) in [4.78, 5) is 24.7. The van der Waals surface area contributed by atoms with Crippen molar-refractivity contribution in [2.24, 2.45) is 0 Å². The molecule has 1 amide bonds. The van der Waals surface area contributed by atoms with Gasteiger partial charge in [-0.15, -0.1) is 0 Å². The van der Waals surface area contributed by atoms with Gasteiger partial charge in [0.2, 0.25) is 0 Å². The van der Waals surface area contributed by atoms with Crippen molar-refractivity contribution in [3.05, 3.63) is 82.9 Å². The molecule has 132 valence electrons. The lowest BCUT2D eigenvalue weighted by atomic mass is 10.0. The molecule has 26 heavy (non-hydrogen) atoms. The molecule has 0 unspecified atom stereocenters. The molecule has 0 saturated carbocycles. The second kappa shape index (κ2) is 8.02. The predicted molar refractivity (Wildman–Crippen MR) is 102 cm³/mol. The van der Waals surface area contributed by atoms with Crippen LogP contribution in [-0.2, 0) is 16.0 Å². The number of halogens is 1. The van der Waals surface area contributed by atoms with Crippen LogP contribution in [0.5, 0.6) is 0 Å². The number of nitrogens with one attached hydrogen (secondary N) is 1. The van der Waals surface area contributed by atoms with E-state index in [4.69, 9.17) is 16.3 Å². The fourth-order valence-electron chi connectivity index (χ4n) is 2.82. The fraction of sp³-hybridized carbons (Fsp3) is 0.143. The molecular formula is C21H18ClNO3. The second-order valence-corrected chi connectivity index (χ2v) is 6.32. The average Bonchev–Trinajstić information content (AvgIpc) is 2.67. The summed E-state index contributed by atoms with van der Waals surface area (Å²) >= 11 is 6.06. The van der Waals surface area contributed by atoms with Gasteiger partial charge in [0.05, 0.1) is 17.7 Å². The Morgan fingerprint density at radius 1 is 1.00 bits per heavy atom. The number of hydrogen-bond acceptors (Lipinski definition) is 3. The molecule has 1 N–H and O–H groups in total. The summed E-state index contributed by atoms with van der Waals surface area (Å²) < 4.78 is 4.85. The van der Waals surface area contributed by atoms with Crippen LogP contribution < -0.4 is 5.32 Å². The Morgan fingerprint density at radius 3 is 2.42 bits per heavy atom. The zero-order chi connectivity index (χ0) is 18.5. The van der Waals surface area contributed by atoms with E-state index in [0.29, 0.717) is 17.0 Å². The van der Waals surface area contributed by atoms with Gasteiger partial charge in [0.25, 0.3) is 5.91 Å². The molecule has 3 aromatic rings. The Kier molecular flexibility index (Phi) is 5.54. The molecule has 0 radical (unpaired) electrons. The van der Waals surface area contributed by atoms with E-state index in [1.54, 1.807) is 24.3 Å². The van der Waals surface area contributed by atoms with E-state index in [2.05, 4.69) is 5.32 Å². The van der Waals surface area contributed by atoms with Gasteiger partial charge in [-0.05, 0) is 28.5 Å². The van der Waals surface area contributed by atoms with Gasteiger partial charge in [0.15, 0.2) is 0 Å². The van der Waals surface area contributed by atoms with Crippen LogP contribution in [0.1, 0.15) is 15.9 Å². The summed E-state index contributed by atoms with van der Waals surface area (Å²) in [5, 5.41) is 5.25. The molecule has 0 aliphatic rings. The molecular weight excluding hydrogens is 350 g/mol. The van der Waals surface area contributed by atoms with Crippen LogP contribution in [0.25, 0.3) is 10.8 Å². The molecule has 0 spiro atoms. The normalized spacial score (nSPS) is 11.8. The van der Waals surface area contributed by atoms with Crippen LogP contribution in [-0.4, -0.2) is 25.0 Å². The Labute approximate surface area is 156 Å². The predicted octanol–water partition coefficient (Wildman–Crippen LogP) is 4.01. The van der Waals surface area contributed by atoms with Crippen LogP contribution in [0.15, 0.2) is 66.7 Å². The van der Waals surface area contributed by atoms with E-state index in [0.717, 1.165) is 16.3 Å². The molecule has 0 aliphatic heterocycles. The van der Waals surface area contributed by atoms with Gasteiger partial charge in [-0.2, -0.15) is 0 Å². The van der Waals surface area contributed by atoms with Crippen LogP contribution >= 0.6 is 11.6 Å². The van der Waals surface area contributed by atoms with E-state index < -0.39 is 17.9 Å². The smallest absolute Gasteiger partial charge is 0.328 e. The number of benzene rings is 3. The topological polar surface area (TPSA) is 55.4 Å². The van der Waals surface area contributed by atoms with E-state index in [9.17, 15) is 9.59 Å². The fourth-order valence-corrected chi connectivity index (χ4v) is 3.04. The van der Waals surface area contributed by atoms with Gasteiger partial charge in [-0.1, -0.05) is 66.2 Å². The first-order valence-corrected chi connectivity index (χ1v) is 8.57. The van der Waals surface area contributed by atoms with Gasteiger partial charge in [0.1, 0.15) is 6.04 Å². The summed E-state index contributed by atoms with van der Waals surface area (Å²) in [6, 6.07) is 19.8. The van der Waals surface area contributed by atoms with Crippen molar-refractivity contribution in [2.75, 3.05) is 7.11 Å². The van der Waals surface area contributed by atoms with Crippen molar-refractivity contribution in [2.45, 2.75) is 12.5 Å². The Morgan fingerprint density at radius 2 is 1.69 bits per heavy atom. The summed E-state index contributed by atoms with van der Waals surface area (Å²) in [6.07, 6.45) is 0.327. The van der Waals surface area contributed by atoms with E-state index in [1.165, 1.54) is 7.11 Å². The third kappa shape index (κ3) is 4.03. The second-order valence-electron chi connectivity index (χ2n) is 5.91. The number of methoxy groups -OCH3 is 1. The van der Waals surface area contributed by atoms with Gasteiger partial charge in [-0.3, -0.25) is 4.79 Å². The Bertz CT molecular complexity index is 955. The SMILES string of the molecule is COC(=O)[C@@H](Cc1ccc2ccccc2c1)NC(=O)c1ccccc1Cl. The first kappa shape index (κ1) is 18.0. The number of rotatable bonds is 5. The van der Waals surface area contributed by atoms with E-state index in [-0.39, 0.29) is 0 Å². The quantitative estimate of drug-likeness (QED) is 0.693. The lowest BCUT2D eigenvalue weighted by Crippen LogP contribution is -2.43. The van der Waals surface area contributed by atoms with Crippen molar-refractivity contribution in [1.29, 1.82) is 0 Å². The third-order valence-electron chi connectivity index (χ3n) is 4.16. The molecule has 0 saturated heterocycles. The number of carbonyl (C=O) groups excluding carboxylic acids is 2. The molecule has 3 aromatic carbocycles. The lowest BCUT2D eigenvalue weighted by Gasteiger charge is -2.17. The molecule has 0 fully saturated rings. The first-order valence-electron chi connectivity index (χ1n) is 8.19. The highest BCUT2D eigenvalue weighted by molar-refractivity contribution is 6.33. The van der Waals surface area contributed by atoms with Crippen molar-refractivity contribution < 1.29 is 14.3 Å². The minimum atomic E-state index is -0.801. The van der Waals surface area contributed by atoms with Crippen LogP contribution in [0, 0.1) is 0 Å². The molecule has 1 atom stereocenters. The molecule has 0 heterocycles. The molecule has 5 heteroatoms. The van der Waals surface area contributed by atoms with Gasteiger partial charge in [0, 0.05) is 6.42 Å². The van der Waals surface area contributed by atoms with E-state index in [1.807, 2.05) is 42.5 Å². The maximum absolute atomic E-state index is 12.5. The maximum Gasteiger partial charge on any atom is 0.328 e. The van der Waals surface area contributed by atoms with Crippen molar-refractivity contribution in [3.8, 4) is 0 Å². The number of amides is 1. The lowest BCUT2D eigenvalue weighted by molar-refractivity contribution is -0.142. The Hall–Kier alpha value is -2.85. The average molecular weight is 368 g/mol. The molecule has 0 aliphatic carbocycles. The summed E-state index contributed by atoms with van der Waals surface area (Å²) in [6.45, 7) is 0. The number of ether oxygens (including phenoxy) is 1. The van der Waals surface area contributed by atoms with Crippen LogP contribution in [0.3, 0.4) is 0 Å². The molecule has 0 bridgehead atoms. The largest absolute Gasteiger partial charge is 0.467 e. The van der Waals surface area contributed by atoms with Crippen molar-refractivity contribution >= 4 is 34.2 Å². The minimum absolute atomic E-state index is 0.321. The number of esters is 1. The van der Waals surface area contributed by atoms with Gasteiger partial charge >= 0.3 is 5.97 Å². The highest BCUT2D eigenvalue weighted by Gasteiger charge is 2.23. The number of carbonyl (C=O) groups is 2. The van der Waals surface area contributed by atoms with E-state index >= 15 is 0 Å². The molecule has 4 nitrogen and oxygen atoms in total. The molecule has 3 rings (SSSR count). The van der Waals surface area contributed by atoms with Gasteiger partial charge in [-0.25, -0.2) is 4.79 Å². The van der Waals surface area contributed by atoms with Gasteiger partial charge < -0.3 is 10.1 Å².